The molecule has 0 radical (unpaired) electrons. The van der Waals surface area contributed by atoms with Gasteiger partial charge in [-0.25, -0.2) is 4.79 Å². The lowest BCUT2D eigenvalue weighted by molar-refractivity contribution is 0.0340. The highest BCUT2D eigenvalue weighted by atomic mass is 16.7. The van der Waals surface area contributed by atoms with E-state index in [-0.39, 0.29) is 5.60 Å². The van der Waals surface area contributed by atoms with Crippen LogP contribution in [0.15, 0.2) is 0 Å². The van der Waals surface area contributed by atoms with Gasteiger partial charge in [-0.1, -0.05) is 19.8 Å². The van der Waals surface area contributed by atoms with Gasteiger partial charge in [0.15, 0.2) is 0 Å². The summed E-state index contributed by atoms with van der Waals surface area (Å²) in [6.07, 6.45) is 5.06. The normalized spacial score (nSPS) is 18.8. The predicted octanol–water partition coefficient (Wildman–Crippen LogP) is 2.79. The standard InChI is InChI=1S/C9H16O3/c1-2-3-4-5-9(6-7-9)12-8(10)11/h2-7H2,1H3,(H,10,11). The maximum Gasteiger partial charge on any atom is 0.506 e. The van der Waals surface area contributed by atoms with Crippen molar-refractivity contribution in [2.75, 3.05) is 0 Å². The van der Waals surface area contributed by atoms with Gasteiger partial charge in [-0.15, -0.1) is 0 Å². The van der Waals surface area contributed by atoms with Crippen molar-refractivity contribution < 1.29 is 14.6 Å². The van der Waals surface area contributed by atoms with Crippen LogP contribution in [0, 0.1) is 0 Å². The van der Waals surface area contributed by atoms with E-state index in [1.165, 1.54) is 12.8 Å². The monoisotopic (exact) mass is 172 g/mol. The molecule has 1 rings (SSSR count). The minimum atomic E-state index is -1.12. The van der Waals surface area contributed by atoms with Gasteiger partial charge in [0.1, 0.15) is 5.60 Å². The van der Waals surface area contributed by atoms with Gasteiger partial charge in [-0.05, 0) is 25.7 Å². The van der Waals surface area contributed by atoms with Crippen LogP contribution >= 0.6 is 0 Å². The molecule has 12 heavy (non-hydrogen) atoms. The zero-order valence-corrected chi connectivity index (χ0v) is 7.51. The van der Waals surface area contributed by atoms with Crippen LogP contribution in [0.25, 0.3) is 0 Å². The third-order valence-electron chi connectivity index (χ3n) is 2.35. The largest absolute Gasteiger partial charge is 0.506 e. The first-order valence-electron chi connectivity index (χ1n) is 4.60. The highest BCUT2D eigenvalue weighted by molar-refractivity contribution is 5.58. The number of hydrogen-bond donors (Lipinski definition) is 1. The predicted molar refractivity (Wildman–Crippen MR) is 45.2 cm³/mol. The van der Waals surface area contributed by atoms with E-state index >= 15 is 0 Å². The summed E-state index contributed by atoms with van der Waals surface area (Å²) in [5.74, 6) is 0. The first-order valence-corrected chi connectivity index (χ1v) is 4.60. The molecule has 1 N–H and O–H groups in total. The zero-order chi connectivity index (χ0) is 9.03. The van der Waals surface area contributed by atoms with E-state index in [4.69, 9.17) is 9.84 Å². The lowest BCUT2D eigenvalue weighted by Crippen LogP contribution is -2.17. The second-order valence-corrected chi connectivity index (χ2v) is 3.51. The zero-order valence-electron chi connectivity index (χ0n) is 7.51. The van der Waals surface area contributed by atoms with E-state index in [9.17, 15) is 4.79 Å². The summed E-state index contributed by atoms with van der Waals surface area (Å²) in [6, 6.07) is 0. The molecule has 0 unspecified atom stereocenters. The van der Waals surface area contributed by atoms with E-state index in [1.807, 2.05) is 0 Å². The van der Waals surface area contributed by atoms with Crippen LogP contribution in [-0.2, 0) is 4.74 Å². The Morgan fingerprint density at radius 2 is 2.17 bits per heavy atom. The van der Waals surface area contributed by atoms with Gasteiger partial charge in [-0.2, -0.15) is 0 Å². The first kappa shape index (κ1) is 9.36. The Labute approximate surface area is 72.7 Å². The van der Waals surface area contributed by atoms with Crippen LogP contribution in [0.2, 0.25) is 0 Å². The summed E-state index contributed by atoms with van der Waals surface area (Å²) < 4.78 is 4.81. The molecule has 1 aliphatic rings. The average molecular weight is 172 g/mol. The van der Waals surface area contributed by atoms with Crippen LogP contribution in [0.4, 0.5) is 4.79 Å². The van der Waals surface area contributed by atoms with Gasteiger partial charge in [0.05, 0.1) is 0 Å². The molecule has 0 aliphatic heterocycles. The lowest BCUT2D eigenvalue weighted by atomic mass is 10.1. The van der Waals surface area contributed by atoms with E-state index in [2.05, 4.69) is 6.92 Å². The Bertz CT molecular complexity index is 161. The average Bonchev–Trinajstić information content (AvgIpc) is 2.69. The van der Waals surface area contributed by atoms with E-state index in [1.54, 1.807) is 0 Å². The highest BCUT2D eigenvalue weighted by Gasteiger charge is 2.46. The molecule has 3 nitrogen and oxygen atoms in total. The van der Waals surface area contributed by atoms with Crippen LogP contribution in [-0.4, -0.2) is 16.9 Å². The molecule has 0 atom stereocenters. The van der Waals surface area contributed by atoms with Gasteiger partial charge in [0.25, 0.3) is 0 Å². The van der Waals surface area contributed by atoms with Crippen LogP contribution < -0.4 is 0 Å². The molecule has 70 valence electrons. The molecule has 1 fully saturated rings. The fraction of sp³-hybridized carbons (Fsp3) is 0.889. The Morgan fingerprint density at radius 3 is 2.58 bits per heavy atom. The minimum Gasteiger partial charge on any atom is -0.450 e. The first-order chi connectivity index (χ1) is 5.68. The van der Waals surface area contributed by atoms with E-state index in [0.717, 1.165) is 25.7 Å². The summed E-state index contributed by atoms with van der Waals surface area (Å²) in [5.41, 5.74) is -0.277. The molecule has 0 spiro atoms. The molecule has 1 saturated carbocycles. The Hall–Kier alpha value is -0.730. The molecule has 0 aromatic heterocycles. The number of ether oxygens (including phenoxy) is 1. The summed E-state index contributed by atoms with van der Waals surface area (Å²) >= 11 is 0. The summed E-state index contributed by atoms with van der Waals surface area (Å²) in [7, 11) is 0. The number of carbonyl (C=O) groups is 1. The number of unbranched alkanes of at least 4 members (excludes halogenated alkanes) is 2. The fourth-order valence-electron chi connectivity index (χ4n) is 1.42. The summed E-state index contributed by atoms with van der Waals surface area (Å²) in [5, 5.41) is 8.42. The third-order valence-corrected chi connectivity index (χ3v) is 2.35. The molecule has 0 heterocycles. The van der Waals surface area contributed by atoms with Crippen molar-refractivity contribution in [1.29, 1.82) is 0 Å². The van der Waals surface area contributed by atoms with Crippen molar-refractivity contribution in [2.24, 2.45) is 0 Å². The van der Waals surface area contributed by atoms with Crippen molar-refractivity contribution in [2.45, 2.75) is 51.0 Å². The second-order valence-electron chi connectivity index (χ2n) is 3.51. The maximum atomic E-state index is 10.3. The van der Waals surface area contributed by atoms with Crippen molar-refractivity contribution in [3.63, 3.8) is 0 Å². The topological polar surface area (TPSA) is 46.5 Å². The minimum absolute atomic E-state index is 0.277. The highest BCUT2D eigenvalue weighted by Crippen LogP contribution is 2.44. The van der Waals surface area contributed by atoms with Crippen molar-refractivity contribution in [3.05, 3.63) is 0 Å². The van der Waals surface area contributed by atoms with Crippen LogP contribution in [0.5, 0.6) is 0 Å². The maximum absolute atomic E-state index is 10.3. The molecule has 0 saturated heterocycles. The van der Waals surface area contributed by atoms with Gasteiger partial charge < -0.3 is 9.84 Å². The molecule has 3 heteroatoms. The molecular formula is C9H16O3. The summed E-state index contributed by atoms with van der Waals surface area (Å²) in [6.45, 7) is 2.14. The second kappa shape index (κ2) is 3.78. The van der Waals surface area contributed by atoms with Gasteiger partial charge in [0.2, 0.25) is 0 Å². The van der Waals surface area contributed by atoms with E-state index < -0.39 is 6.16 Å². The molecule has 0 aromatic rings. The van der Waals surface area contributed by atoms with E-state index in [0.29, 0.717) is 0 Å². The number of rotatable bonds is 5. The smallest absolute Gasteiger partial charge is 0.450 e. The number of hydrogen-bond acceptors (Lipinski definition) is 2. The molecule has 1 aliphatic carbocycles. The molecule has 0 bridgehead atoms. The quantitative estimate of drug-likeness (QED) is 0.512. The Kier molecular flexibility index (Phi) is 2.95. The molecular weight excluding hydrogens is 156 g/mol. The van der Waals surface area contributed by atoms with Gasteiger partial charge >= 0.3 is 6.16 Å². The lowest BCUT2D eigenvalue weighted by Gasteiger charge is -2.12. The third kappa shape index (κ3) is 2.72. The summed E-state index contributed by atoms with van der Waals surface area (Å²) in [4.78, 5) is 10.3. The molecule has 0 amide bonds. The van der Waals surface area contributed by atoms with Crippen LogP contribution in [0.3, 0.4) is 0 Å². The SMILES string of the molecule is CCCCCC1(OC(=O)O)CC1. The van der Waals surface area contributed by atoms with Gasteiger partial charge in [-0.3, -0.25) is 0 Å². The fourth-order valence-corrected chi connectivity index (χ4v) is 1.42. The van der Waals surface area contributed by atoms with Crippen molar-refractivity contribution in [3.8, 4) is 0 Å². The Morgan fingerprint density at radius 1 is 1.50 bits per heavy atom. The van der Waals surface area contributed by atoms with Gasteiger partial charge in [0, 0.05) is 0 Å². The van der Waals surface area contributed by atoms with Crippen molar-refractivity contribution >= 4 is 6.16 Å². The molecule has 0 aromatic carbocycles. The van der Waals surface area contributed by atoms with Crippen LogP contribution in [0.1, 0.15) is 45.4 Å². The van der Waals surface area contributed by atoms with Crippen molar-refractivity contribution in [1.82, 2.24) is 0 Å². The Balaban J connectivity index is 2.16. The number of carboxylic acid groups (broad SMARTS) is 1.